The van der Waals surface area contributed by atoms with Crippen LogP contribution in [0.1, 0.15) is 16.1 Å². The summed E-state index contributed by atoms with van der Waals surface area (Å²) in [7, 11) is 0. The number of nitrogen functional groups attached to an aromatic ring is 1. The van der Waals surface area contributed by atoms with Gasteiger partial charge in [0.15, 0.2) is 5.69 Å². The van der Waals surface area contributed by atoms with E-state index >= 15 is 0 Å². The summed E-state index contributed by atoms with van der Waals surface area (Å²) in [6.07, 6.45) is 3.28. The summed E-state index contributed by atoms with van der Waals surface area (Å²) >= 11 is 0. The standard InChI is InChI=1S/C24H19N7O2/c1-13-7-8-17-16(12-28-31-17)20(13)15-11-19(29-22(21(15)25)23(26)32)18-9-10-27-24(30-18)33-14-5-3-2-4-6-14/h2-12H,25H2,1H3,(H2,26,32)(H,28,31). The number of aromatic nitrogens is 5. The molecule has 0 bridgehead atoms. The van der Waals surface area contributed by atoms with Crippen LogP contribution in [-0.2, 0) is 0 Å². The molecule has 3 aromatic heterocycles. The molecule has 0 fully saturated rings. The van der Waals surface area contributed by atoms with Gasteiger partial charge < -0.3 is 16.2 Å². The first-order valence-electron chi connectivity index (χ1n) is 10.1. The van der Waals surface area contributed by atoms with E-state index in [4.69, 9.17) is 16.2 Å². The maximum Gasteiger partial charge on any atom is 0.322 e. The van der Waals surface area contributed by atoms with Gasteiger partial charge in [-0.3, -0.25) is 9.89 Å². The van der Waals surface area contributed by atoms with Crippen LogP contribution >= 0.6 is 0 Å². The van der Waals surface area contributed by atoms with E-state index < -0.39 is 5.91 Å². The number of amides is 1. The molecule has 0 atom stereocenters. The Morgan fingerprint density at radius 1 is 1.03 bits per heavy atom. The van der Waals surface area contributed by atoms with E-state index in [0.29, 0.717) is 22.7 Å². The lowest BCUT2D eigenvalue weighted by molar-refractivity contribution is 0.0996. The van der Waals surface area contributed by atoms with Gasteiger partial charge in [0.25, 0.3) is 5.91 Å². The average molecular weight is 437 g/mol. The zero-order chi connectivity index (χ0) is 22.9. The van der Waals surface area contributed by atoms with Gasteiger partial charge in [-0.1, -0.05) is 24.3 Å². The molecule has 5 aromatic rings. The van der Waals surface area contributed by atoms with Crippen molar-refractivity contribution in [2.75, 3.05) is 5.73 Å². The number of nitrogens with one attached hydrogen (secondary N) is 1. The van der Waals surface area contributed by atoms with Gasteiger partial charge in [0.05, 0.1) is 28.8 Å². The highest BCUT2D eigenvalue weighted by Crippen LogP contribution is 2.37. The van der Waals surface area contributed by atoms with Crippen molar-refractivity contribution >= 4 is 22.5 Å². The van der Waals surface area contributed by atoms with Crippen LogP contribution in [0.25, 0.3) is 33.4 Å². The van der Waals surface area contributed by atoms with Gasteiger partial charge in [0.2, 0.25) is 0 Å². The molecule has 162 valence electrons. The fraction of sp³-hybridized carbons (Fsp3) is 0.0417. The summed E-state index contributed by atoms with van der Waals surface area (Å²) in [5.41, 5.74) is 16.3. The summed E-state index contributed by atoms with van der Waals surface area (Å²) in [4.78, 5) is 25.2. The number of H-pyrrole nitrogens is 1. The molecule has 5 N–H and O–H groups in total. The molecule has 0 spiro atoms. The van der Waals surface area contributed by atoms with Crippen molar-refractivity contribution in [1.29, 1.82) is 0 Å². The van der Waals surface area contributed by atoms with Crippen LogP contribution < -0.4 is 16.2 Å². The Hall–Kier alpha value is -4.79. The normalized spacial score (nSPS) is 10.9. The molecule has 3 heterocycles. The van der Waals surface area contributed by atoms with Gasteiger partial charge in [-0.25, -0.2) is 9.97 Å². The fourth-order valence-electron chi connectivity index (χ4n) is 3.69. The smallest absolute Gasteiger partial charge is 0.322 e. The number of ether oxygens (including phenoxy) is 1. The van der Waals surface area contributed by atoms with Crippen LogP contribution in [0.2, 0.25) is 0 Å². The largest absolute Gasteiger partial charge is 0.424 e. The number of aromatic amines is 1. The average Bonchev–Trinajstić information content (AvgIpc) is 3.29. The molecule has 2 aromatic carbocycles. The summed E-state index contributed by atoms with van der Waals surface area (Å²) in [6.45, 7) is 1.96. The molecular formula is C24H19N7O2. The number of aryl methyl sites for hydroxylation is 1. The Morgan fingerprint density at radius 2 is 1.85 bits per heavy atom. The van der Waals surface area contributed by atoms with Gasteiger partial charge in [-0.2, -0.15) is 10.1 Å². The summed E-state index contributed by atoms with van der Waals surface area (Å²) in [5, 5.41) is 7.96. The van der Waals surface area contributed by atoms with E-state index in [-0.39, 0.29) is 17.4 Å². The number of primary amides is 1. The van der Waals surface area contributed by atoms with Crippen LogP contribution in [0.3, 0.4) is 0 Å². The minimum absolute atomic E-state index is 0.0356. The number of fused-ring (bicyclic) bond motifs is 1. The summed E-state index contributed by atoms with van der Waals surface area (Å²) < 4.78 is 5.74. The first kappa shape index (κ1) is 20.1. The zero-order valence-electron chi connectivity index (χ0n) is 17.6. The van der Waals surface area contributed by atoms with Gasteiger partial charge in [-0.15, -0.1) is 0 Å². The summed E-state index contributed by atoms with van der Waals surface area (Å²) in [6, 6.07) is 16.7. The third-order valence-corrected chi connectivity index (χ3v) is 5.24. The highest BCUT2D eigenvalue weighted by molar-refractivity contribution is 6.05. The predicted octanol–water partition coefficient (Wildman–Crippen LogP) is 3.86. The molecule has 0 saturated heterocycles. The Bertz CT molecular complexity index is 1500. The number of nitrogens with two attached hydrogens (primary N) is 2. The molecule has 0 aliphatic heterocycles. The number of pyridine rings is 1. The number of nitrogens with zero attached hydrogens (tertiary/aromatic N) is 4. The number of benzene rings is 2. The number of hydrogen-bond acceptors (Lipinski definition) is 7. The van der Waals surface area contributed by atoms with Crippen molar-refractivity contribution in [3.05, 3.63) is 78.2 Å². The Kier molecular flexibility index (Phi) is 4.91. The number of carbonyl (C=O) groups excluding carboxylic acids is 1. The van der Waals surface area contributed by atoms with Gasteiger partial charge in [0, 0.05) is 17.1 Å². The third kappa shape index (κ3) is 3.72. The van der Waals surface area contributed by atoms with Crippen LogP contribution in [0.4, 0.5) is 5.69 Å². The molecule has 1 amide bonds. The summed E-state index contributed by atoms with van der Waals surface area (Å²) in [5.74, 6) is -0.136. The minimum Gasteiger partial charge on any atom is -0.424 e. The molecule has 0 unspecified atom stereocenters. The first-order chi connectivity index (χ1) is 16.0. The quantitative estimate of drug-likeness (QED) is 0.378. The van der Waals surface area contributed by atoms with E-state index in [9.17, 15) is 4.79 Å². The second-order valence-electron chi connectivity index (χ2n) is 7.41. The monoisotopic (exact) mass is 437 g/mol. The van der Waals surface area contributed by atoms with Crippen LogP contribution in [0.15, 0.2) is 67.0 Å². The van der Waals surface area contributed by atoms with Crippen LogP contribution in [0.5, 0.6) is 11.8 Å². The van der Waals surface area contributed by atoms with E-state index in [2.05, 4.69) is 25.1 Å². The van der Waals surface area contributed by atoms with Crippen LogP contribution in [-0.4, -0.2) is 31.1 Å². The second-order valence-corrected chi connectivity index (χ2v) is 7.41. The van der Waals surface area contributed by atoms with E-state index in [1.54, 1.807) is 36.7 Å². The van der Waals surface area contributed by atoms with Gasteiger partial charge in [0.1, 0.15) is 5.75 Å². The number of anilines is 1. The van der Waals surface area contributed by atoms with Crippen molar-refractivity contribution in [2.45, 2.75) is 6.92 Å². The predicted molar refractivity (Wildman–Crippen MR) is 125 cm³/mol. The van der Waals surface area contributed by atoms with Crippen molar-refractivity contribution in [3.8, 4) is 34.3 Å². The van der Waals surface area contributed by atoms with Gasteiger partial charge >= 0.3 is 6.01 Å². The Labute approximate surface area is 188 Å². The topological polar surface area (TPSA) is 146 Å². The maximum atomic E-state index is 12.2. The first-order valence-corrected chi connectivity index (χ1v) is 10.1. The van der Waals surface area contributed by atoms with E-state index in [1.165, 1.54) is 0 Å². The molecule has 9 nitrogen and oxygen atoms in total. The minimum atomic E-state index is -0.734. The molecular weight excluding hydrogens is 418 g/mol. The van der Waals surface area contributed by atoms with Crippen LogP contribution in [0, 0.1) is 6.92 Å². The zero-order valence-corrected chi connectivity index (χ0v) is 17.6. The van der Waals surface area contributed by atoms with Crippen molar-refractivity contribution in [1.82, 2.24) is 25.1 Å². The SMILES string of the molecule is Cc1ccc2[nH]ncc2c1-c1cc(-c2ccnc(Oc3ccccc3)n2)nc(C(N)=O)c1N. The molecule has 33 heavy (non-hydrogen) atoms. The Balaban J connectivity index is 1.68. The molecule has 0 aliphatic carbocycles. The number of rotatable bonds is 5. The lowest BCUT2D eigenvalue weighted by Crippen LogP contribution is -2.17. The van der Waals surface area contributed by atoms with Crippen molar-refractivity contribution in [2.24, 2.45) is 5.73 Å². The van der Waals surface area contributed by atoms with Gasteiger partial charge in [-0.05, 0) is 48.4 Å². The van der Waals surface area contributed by atoms with E-state index in [1.807, 2.05) is 37.3 Å². The highest BCUT2D eigenvalue weighted by atomic mass is 16.5. The Morgan fingerprint density at radius 3 is 2.64 bits per heavy atom. The third-order valence-electron chi connectivity index (χ3n) is 5.24. The number of carbonyl (C=O) groups is 1. The molecule has 9 heteroatoms. The molecule has 0 aliphatic rings. The molecule has 5 rings (SSSR count). The van der Waals surface area contributed by atoms with Crippen molar-refractivity contribution < 1.29 is 9.53 Å². The maximum absolute atomic E-state index is 12.2. The lowest BCUT2D eigenvalue weighted by Gasteiger charge is -2.15. The van der Waals surface area contributed by atoms with E-state index in [0.717, 1.165) is 22.0 Å². The second kappa shape index (κ2) is 8.04. The lowest BCUT2D eigenvalue weighted by atomic mass is 9.94. The van der Waals surface area contributed by atoms with Crippen molar-refractivity contribution in [3.63, 3.8) is 0 Å². The highest BCUT2D eigenvalue weighted by Gasteiger charge is 2.20. The fourth-order valence-corrected chi connectivity index (χ4v) is 3.69. The molecule has 0 saturated carbocycles. The molecule has 0 radical (unpaired) electrons. The number of hydrogen-bond donors (Lipinski definition) is 3. The number of para-hydroxylation sites is 1.